The molecule has 1 aromatic heterocycles. The van der Waals surface area contributed by atoms with E-state index in [2.05, 4.69) is 11.1 Å². The van der Waals surface area contributed by atoms with Gasteiger partial charge in [-0.1, -0.05) is 0 Å². The number of aryl methyl sites for hydroxylation is 3. The summed E-state index contributed by atoms with van der Waals surface area (Å²) < 4.78 is 7.11. The highest BCUT2D eigenvalue weighted by atomic mass is 16.5. The molecule has 1 aromatic carbocycles. The van der Waals surface area contributed by atoms with Crippen molar-refractivity contribution in [1.29, 1.82) is 0 Å². The van der Waals surface area contributed by atoms with Gasteiger partial charge in [0.15, 0.2) is 5.95 Å². The molecule has 4 heteroatoms. The predicted octanol–water partition coefficient (Wildman–Crippen LogP) is 2.29. The van der Waals surface area contributed by atoms with Crippen LogP contribution < -0.4 is 10.5 Å². The van der Waals surface area contributed by atoms with Gasteiger partial charge in [-0.05, 0) is 37.1 Å². The van der Waals surface area contributed by atoms with Crippen LogP contribution in [-0.2, 0) is 7.05 Å². The molecule has 0 amide bonds. The van der Waals surface area contributed by atoms with Crippen molar-refractivity contribution in [3.8, 4) is 17.0 Å². The summed E-state index contributed by atoms with van der Waals surface area (Å²) in [5, 5.41) is 0. The Morgan fingerprint density at radius 2 is 1.94 bits per heavy atom. The summed E-state index contributed by atoms with van der Waals surface area (Å²) in [5.74, 6) is 1.42. The highest BCUT2D eigenvalue weighted by Crippen LogP contribution is 2.29. The van der Waals surface area contributed by atoms with E-state index in [1.54, 1.807) is 7.11 Å². The first kappa shape index (κ1) is 11.5. The average molecular weight is 231 g/mol. The predicted molar refractivity (Wildman–Crippen MR) is 69.1 cm³/mol. The summed E-state index contributed by atoms with van der Waals surface area (Å²) in [6, 6.07) is 4.10. The first-order valence-corrected chi connectivity index (χ1v) is 5.47. The van der Waals surface area contributed by atoms with Crippen molar-refractivity contribution < 1.29 is 4.74 Å². The molecule has 4 nitrogen and oxygen atoms in total. The van der Waals surface area contributed by atoms with Gasteiger partial charge in [-0.3, -0.25) is 0 Å². The lowest BCUT2D eigenvalue weighted by Gasteiger charge is -2.09. The van der Waals surface area contributed by atoms with Crippen molar-refractivity contribution in [3.05, 3.63) is 29.5 Å². The van der Waals surface area contributed by atoms with Crippen molar-refractivity contribution in [2.24, 2.45) is 7.05 Å². The van der Waals surface area contributed by atoms with Gasteiger partial charge in [0.1, 0.15) is 5.75 Å². The van der Waals surface area contributed by atoms with Crippen molar-refractivity contribution in [1.82, 2.24) is 9.55 Å². The number of anilines is 1. The van der Waals surface area contributed by atoms with Crippen molar-refractivity contribution in [3.63, 3.8) is 0 Å². The molecule has 0 atom stereocenters. The van der Waals surface area contributed by atoms with Gasteiger partial charge in [-0.25, -0.2) is 4.98 Å². The molecule has 0 saturated carbocycles. The number of nitrogen functional groups attached to an aromatic ring is 1. The third kappa shape index (κ3) is 1.98. The standard InChI is InChI=1S/C13H17N3O/c1-8-6-12(17-4)9(2)5-10(8)11-7-16(3)13(14)15-11/h5-7H,1-4H3,(H2,14,15). The number of ether oxygens (including phenoxy) is 1. The summed E-state index contributed by atoms with van der Waals surface area (Å²) in [6.45, 7) is 4.07. The smallest absolute Gasteiger partial charge is 0.200 e. The molecule has 0 aliphatic heterocycles. The molecule has 90 valence electrons. The Labute approximate surface area is 101 Å². The van der Waals surface area contributed by atoms with Gasteiger partial charge in [0.25, 0.3) is 0 Å². The number of rotatable bonds is 2. The summed E-state index contributed by atoms with van der Waals surface area (Å²) >= 11 is 0. The SMILES string of the molecule is COc1cc(C)c(-c2cn(C)c(N)n2)cc1C. The van der Waals surface area contributed by atoms with Gasteiger partial charge in [-0.2, -0.15) is 0 Å². The molecule has 2 N–H and O–H groups in total. The van der Waals surface area contributed by atoms with Gasteiger partial charge in [-0.15, -0.1) is 0 Å². The van der Waals surface area contributed by atoms with E-state index in [-0.39, 0.29) is 0 Å². The summed E-state index contributed by atoms with van der Waals surface area (Å²) in [4.78, 5) is 4.34. The monoisotopic (exact) mass is 231 g/mol. The van der Waals surface area contributed by atoms with Crippen molar-refractivity contribution in [2.75, 3.05) is 12.8 Å². The zero-order chi connectivity index (χ0) is 12.6. The van der Waals surface area contributed by atoms with Crippen LogP contribution in [0, 0.1) is 13.8 Å². The molecule has 0 radical (unpaired) electrons. The lowest BCUT2D eigenvalue weighted by molar-refractivity contribution is 0.411. The second-order valence-corrected chi connectivity index (χ2v) is 4.23. The van der Waals surface area contributed by atoms with Gasteiger partial charge < -0.3 is 15.0 Å². The summed E-state index contributed by atoms with van der Waals surface area (Å²) in [5.41, 5.74) is 9.96. The largest absolute Gasteiger partial charge is 0.496 e. The number of aromatic nitrogens is 2. The zero-order valence-corrected chi connectivity index (χ0v) is 10.6. The Kier molecular flexibility index (Phi) is 2.79. The number of hydrogen-bond donors (Lipinski definition) is 1. The molecule has 0 aliphatic carbocycles. The van der Waals surface area contributed by atoms with Crippen LogP contribution in [0.25, 0.3) is 11.3 Å². The first-order chi connectivity index (χ1) is 8.02. The molecule has 1 heterocycles. The van der Waals surface area contributed by atoms with E-state index in [4.69, 9.17) is 10.5 Å². The Balaban J connectivity index is 2.56. The molecular weight excluding hydrogens is 214 g/mol. The number of nitrogens with two attached hydrogens (primary N) is 1. The molecule has 0 unspecified atom stereocenters. The molecule has 0 bridgehead atoms. The van der Waals surface area contributed by atoms with Gasteiger partial charge >= 0.3 is 0 Å². The highest BCUT2D eigenvalue weighted by molar-refractivity contribution is 5.67. The number of benzene rings is 1. The number of hydrogen-bond acceptors (Lipinski definition) is 3. The number of methoxy groups -OCH3 is 1. The zero-order valence-electron chi connectivity index (χ0n) is 10.6. The lowest BCUT2D eigenvalue weighted by atomic mass is 10.0. The van der Waals surface area contributed by atoms with Crippen LogP contribution in [0.3, 0.4) is 0 Å². The lowest BCUT2D eigenvalue weighted by Crippen LogP contribution is -1.94. The topological polar surface area (TPSA) is 53.1 Å². The van der Waals surface area contributed by atoms with E-state index >= 15 is 0 Å². The quantitative estimate of drug-likeness (QED) is 0.862. The average Bonchev–Trinajstić information content (AvgIpc) is 2.61. The Bertz CT molecular complexity index is 539. The molecule has 0 fully saturated rings. The van der Waals surface area contributed by atoms with Crippen LogP contribution in [0.15, 0.2) is 18.3 Å². The third-order valence-electron chi connectivity index (χ3n) is 2.93. The van der Waals surface area contributed by atoms with E-state index in [0.29, 0.717) is 5.95 Å². The van der Waals surface area contributed by atoms with Gasteiger partial charge in [0, 0.05) is 18.8 Å². The fraction of sp³-hybridized carbons (Fsp3) is 0.308. The Morgan fingerprint density at radius 1 is 1.24 bits per heavy atom. The Hall–Kier alpha value is -1.97. The summed E-state index contributed by atoms with van der Waals surface area (Å²) in [6.07, 6.45) is 1.93. The summed E-state index contributed by atoms with van der Waals surface area (Å²) in [7, 11) is 3.57. The number of nitrogens with zero attached hydrogens (tertiary/aromatic N) is 2. The highest BCUT2D eigenvalue weighted by Gasteiger charge is 2.10. The van der Waals surface area contributed by atoms with E-state index in [1.165, 1.54) is 0 Å². The molecule has 0 spiro atoms. The van der Waals surface area contributed by atoms with Gasteiger partial charge in [0.05, 0.1) is 12.8 Å². The maximum absolute atomic E-state index is 5.75. The third-order valence-corrected chi connectivity index (χ3v) is 2.93. The normalized spacial score (nSPS) is 10.6. The van der Waals surface area contributed by atoms with Gasteiger partial charge in [0.2, 0.25) is 0 Å². The maximum Gasteiger partial charge on any atom is 0.200 e. The minimum absolute atomic E-state index is 0.521. The van der Waals surface area contributed by atoms with Crippen LogP contribution in [0.5, 0.6) is 5.75 Å². The van der Waals surface area contributed by atoms with Crippen LogP contribution in [-0.4, -0.2) is 16.7 Å². The van der Waals surface area contributed by atoms with Crippen LogP contribution in [0.2, 0.25) is 0 Å². The first-order valence-electron chi connectivity index (χ1n) is 5.47. The van der Waals surface area contributed by atoms with Crippen LogP contribution >= 0.6 is 0 Å². The maximum atomic E-state index is 5.75. The van der Waals surface area contributed by atoms with E-state index in [1.807, 2.05) is 37.7 Å². The molecule has 0 aliphatic rings. The van der Waals surface area contributed by atoms with Crippen LogP contribution in [0.1, 0.15) is 11.1 Å². The second kappa shape index (κ2) is 4.13. The Morgan fingerprint density at radius 3 is 2.47 bits per heavy atom. The van der Waals surface area contributed by atoms with Crippen LogP contribution in [0.4, 0.5) is 5.95 Å². The molecule has 17 heavy (non-hydrogen) atoms. The van der Waals surface area contributed by atoms with Crippen molar-refractivity contribution >= 4 is 5.95 Å². The second-order valence-electron chi connectivity index (χ2n) is 4.23. The molecular formula is C13H17N3O. The minimum atomic E-state index is 0.521. The minimum Gasteiger partial charge on any atom is -0.496 e. The van der Waals surface area contributed by atoms with E-state index in [0.717, 1.165) is 28.1 Å². The molecule has 2 rings (SSSR count). The molecule has 2 aromatic rings. The fourth-order valence-electron chi connectivity index (χ4n) is 1.90. The van der Waals surface area contributed by atoms with E-state index < -0.39 is 0 Å². The fourth-order valence-corrected chi connectivity index (χ4v) is 1.90. The van der Waals surface area contributed by atoms with Crippen molar-refractivity contribution in [2.45, 2.75) is 13.8 Å². The number of imidazole rings is 1. The van der Waals surface area contributed by atoms with E-state index in [9.17, 15) is 0 Å². The molecule has 0 saturated heterocycles.